The van der Waals surface area contributed by atoms with Crippen LogP contribution >= 0.6 is 0 Å². The third-order valence-electron chi connectivity index (χ3n) is 2.73. The van der Waals surface area contributed by atoms with Gasteiger partial charge < -0.3 is 10.6 Å². The predicted octanol–water partition coefficient (Wildman–Crippen LogP) is 1.70. The Hall–Kier alpha value is -1.09. The quantitative estimate of drug-likeness (QED) is 0.773. The number of hydrogen-bond donors (Lipinski definition) is 1. The Morgan fingerprint density at radius 3 is 2.79 bits per heavy atom. The van der Waals surface area contributed by atoms with Crippen LogP contribution in [0.2, 0.25) is 0 Å². The van der Waals surface area contributed by atoms with Crippen molar-refractivity contribution >= 4 is 5.82 Å². The Bertz CT molecular complexity index is 303. The fraction of sp³-hybridized carbons (Fsp3) is 0.545. The summed E-state index contributed by atoms with van der Waals surface area (Å²) in [5.41, 5.74) is 7.00. The van der Waals surface area contributed by atoms with E-state index in [1.165, 1.54) is 18.4 Å². The van der Waals surface area contributed by atoms with E-state index >= 15 is 0 Å². The number of hydrogen-bond acceptors (Lipinski definition) is 3. The average molecular weight is 191 g/mol. The van der Waals surface area contributed by atoms with E-state index in [2.05, 4.69) is 16.0 Å². The molecule has 3 heteroatoms. The van der Waals surface area contributed by atoms with Crippen molar-refractivity contribution in [3.05, 3.63) is 23.9 Å². The molecule has 0 saturated carbocycles. The summed E-state index contributed by atoms with van der Waals surface area (Å²) in [6.45, 7) is 4.27. The number of nitrogens with zero attached hydrogens (tertiary/aromatic N) is 2. The van der Waals surface area contributed by atoms with Crippen LogP contribution in [-0.4, -0.2) is 18.1 Å². The molecule has 3 nitrogen and oxygen atoms in total. The van der Waals surface area contributed by atoms with Crippen LogP contribution in [0.4, 0.5) is 5.82 Å². The van der Waals surface area contributed by atoms with Crippen molar-refractivity contribution in [2.45, 2.75) is 25.8 Å². The van der Waals surface area contributed by atoms with Crippen LogP contribution in [0.25, 0.3) is 0 Å². The van der Waals surface area contributed by atoms with Crippen molar-refractivity contribution < 1.29 is 0 Å². The first kappa shape index (κ1) is 9.46. The van der Waals surface area contributed by atoms with Crippen molar-refractivity contribution in [3.8, 4) is 0 Å². The maximum absolute atomic E-state index is 5.83. The van der Waals surface area contributed by atoms with Gasteiger partial charge in [-0.1, -0.05) is 0 Å². The summed E-state index contributed by atoms with van der Waals surface area (Å²) in [7, 11) is 0. The molecule has 1 atom stereocenters. The molecular weight excluding hydrogens is 174 g/mol. The highest BCUT2D eigenvalue weighted by molar-refractivity contribution is 5.42. The van der Waals surface area contributed by atoms with Crippen LogP contribution in [0.3, 0.4) is 0 Å². The second-order valence-electron chi connectivity index (χ2n) is 3.93. The lowest BCUT2D eigenvalue weighted by Crippen LogP contribution is -2.19. The summed E-state index contributed by atoms with van der Waals surface area (Å²) >= 11 is 0. The monoisotopic (exact) mass is 191 g/mol. The van der Waals surface area contributed by atoms with Crippen molar-refractivity contribution in [2.75, 3.05) is 18.0 Å². The van der Waals surface area contributed by atoms with Crippen LogP contribution < -0.4 is 10.6 Å². The SMILES string of the molecule is C[C@H](N)c1ccnc(N2CCCC2)c1. The van der Waals surface area contributed by atoms with Gasteiger partial charge in [0.05, 0.1) is 0 Å². The van der Waals surface area contributed by atoms with E-state index in [1.54, 1.807) is 0 Å². The predicted molar refractivity (Wildman–Crippen MR) is 58.3 cm³/mol. The minimum absolute atomic E-state index is 0.0966. The second-order valence-corrected chi connectivity index (χ2v) is 3.93. The third kappa shape index (κ3) is 1.87. The van der Waals surface area contributed by atoms with Crippen LogP contribution in [0.1, 0.15) is 31.4 Å². The number of pyridine rings is 1. The van der Waals surface area contributed by atoms with Gasteiger partial charge in [0.1, 0.15) is 5.82 Å². The lowest BCUT2D eigenvalue weighted by Gasteiger charge is -2.17. The molecule has 14 heavy (non-hydrogen) atoms. The van der Waals surface area contributed by atoms with Crippen molar-refractivity contribution in [2.24, 2.45) is 5.73 Å². The summed E-state index contributed by atoms with van der Waals surface area (Å²) in [5, 5.41) is 0. The van der Waals surface area contributed by atoms with Gasteiger partial charge in [-0.05, 0) is 37.5 Å². The molecule has 1 saturated heterocycles. The van der Waals surface area contributed by atoms with Gasteiger partial charge in [0.25, 0.3) is 0 Å². The van der Waals surface area contributed by atoms with E-state index < -0.39 is 0 Å². The normalized spacial score (nSPS) is 18.6. The highest BCUT2D eigenvalue weighted by atomic mass is 15.2. The van der Waals surface area contributed by atoms with E-state index in [4.69, 9.17) is 5.73 Å². The van der Waals surface area contributed by atoms with Gasteiger partial charge in [0.2, 0.25) is 0 Å². The molecule has 0 unspecified atom stereocenters. The fourth-order valence-corrected chi connectivity index (χ4v) is 1.84. The molecule has 0 amide bonds. The Morgan fingerprint density at radius 1 is 1.43 bits per heavy atom. The maximum Gasteiger partial charge on any atom is 0.128 e. The van der Waals surface area contributed by atoms with Crippen molar-refractivity contribution in [1.82, 2.24) is 4.98 Å². The smallest absolute Gasteiger partial charge is 0.128 e. The maximum atomic E-state index is 5.83. The minimum Gasteiger partial charge on any atom is -0.357 e. The van der Waals surface area contributed by atoms with E-state index in [0.717, 1.165) is 18.9 Å². The lowest BCUT2D eigenvalue weighted by atomic mass is 10.1. The molecule has 1 aromatic rings. The average Bonchev–Trinajstić information content (AvgIpc) is 2.71. The summed E-state index contributed by atoms with van der Waals surface area (Å²) in [5.74, 6) is 1.08. The molecule has 76 valence electrons. The Morgan fingerprint density at radius 2 is 2.14 bits per heavy atom. The first-order chi connectivity index (χ1) is 6.77. The molecule has 0 aromatic carbocycles. The minimum atomic E-state index is 0.0966. The topological polar surface area (TPSA) is 42.1 Å². The van der Waals surface area contributed by atoms with Gasteiger partial charge in [-0.15, -0.1) is 0 Å². The molecule has 2 N–H and O–H groups in total. The summed E-state index contributed by atoms with van der Waals surface area (Å²) in [6, 6.07) is 4.19. The molecular formula is C11H17N3. The second kappa shape index (κ2) is 3.96. The molecule has 0 bridgehead atoms. The highest BCUT2D eigenvalue weighted by Gasteiger charge is 2.13. The van der Waals surface area contributed by atoms with Gasteiger partial charge in [0, 0.05) is 25.3 Å². The third-order valence-corrected chi connectivity index (χ3v) is 2.73. The lowest BCUT2D eigenvalue weighted by molar-refractivity contribution is 0.811. The summed E-state index contributed by atoms with van der Waals surface area (Å²) < 4.78 is 0. The first-order valence-electron chi connectivity index (χ1n) is 5.24. The number of rotatable bonds is 2. The summed E-state index contributed by atoms with van der Waals surface area (Å²) in [6.07, 6.45) is 4.42. The molecule has 1 aliphatic rings. The van der Waals surface area contributed by atoms with E-state index in [-0.39, 0.29) is 6.04 Å². The zero-order chi connectivity index (χ0) is 9.97. The Labute approximate surface area is 84.9 Å². The zero-order valence-electron chi connectivity index (χ0n) is 8.61. The molecule has 1 aromatic heterocycles. The van der Waals surface area contributed by atoms with E-state index in [0.29, 0.717) is 0 Å². The molecule has 2 heterocycles. The van der Waals surface area contributed by atoms with Crippen LogP contribution in [0.5, 0.6) is 0 Å². The van der Waals surface area contributed by atoms with Gasteiger partial charge in [-0.2, -0.15) is 0 Å². The van der Waals surface area contributed by atoms with Crippen molar-refractivity contribution in [1.29, 1.82) is 0 Å². The fourth-order valence-electron chi connectivity index (χ4n) is 1.84. The highest BCUT2D eigenvalue weighted by Crippen LogP contribution is 2.20. The standard InChI is InChI=1S/C11H17N3/c1-9(12)10-4-5-13-11(8-10)14-6-2-3-7-14/h4-5,8-9H,2-3,6-7,12H2,1H3/t9-/m0/s1. The molecule has 2 rings (SSSR count). The molecule has 0 radical (unpaired) electrons. The van der Waals surface area contributed by atoms with Gasteiger partial charge in [-0.25, -0.2) is 4.98 Å². The van der Waals surface area contributed by atoms with E-state index in [1.807, 2.05) is 19.2 Å². The van der Waals surface area contributed by atoms with Crippen LogP contribution in [0, 0.1) is 0 Å². The molecule has 0 spiro atoms. The van der Waals surface area contributed by atoms with Gasteiger partial charge >= 0.3 is 0 Å². The number of aromatic nitrogens is 1. The van der Waals surface area contributed by atoms with Crippen LogP contribution in [0.15, 0.2) is 18.3 Å². The molecule has 0 aliphatic carbocycles. The van der Waals surface area contributed by atoms with Crippen LogP contribution in [-0.2, 0) is 0 Å². The van der Waals surface area contributed by atoms with Gasteiger partial charge in [0.15, 0.2) is 0 Å². The summed E-state index contributed by atoms with van der Waals surface area (Å²) in [4.78, 5) is 6.70. The Kier molecular flexibility index (Phi) is 2.68. The van der Waals surface area contributed by atoms with Crippen molar-refractivity contribution in [3.63, 3.8) is 0 Å². The van der Waals surface area contributed by atoms with E-state index in [9.17, 15) is 0 Å². The zero-order valence-corrected chi connectivity index (χ0v) is 8.61. The largest absolute Gasteiger partial charge is 0.357 e. The number of nitrogens with two attached hydrogens (primary N) is 1. The van der Waals surface area contributed by atoms with Gasteiger partial charge in [-0.3, -0.25) is 0 Å². The Balaban J connectivity index is 2.21. The molecule has 1 aliphatic heterocycles. The molecule has 1 fully saturated rings. The number of anilines is 1. The first-order valence-corrected chi connectivity index (χ1v) is 5.24.